The van der Waals surface area contributed by atoms with E-state index in [1.807, 2.05) is 18.2 Å². The minimum Gasteiger partial charge on any atom is -0.350 e. The second kappa shape index (κ2) is 9.43. The highest BCUT2D eigenvalue weighted by Crippen LogP contribution is 2.22. The highest BCUT2D eigenvalue weighted by molar-refractivity contribution is 5.81. The molecule has 2 heterocycles. The fourth-order valence-corrected chi connectivity index (χ4v) is 4.57. The molecule has 1 aromatic heterocycles. The molecule has 4 rings (SSSR count). The van der Waals surface area contributed by atoms with Crippen LogP contribution in [0.5, 0.6) is 0 Å². The lowest BCUT2D eigenvalue weighted by Gasteiger charge is -2.35. The van der Waals surface area contributed by atoms with Crippen molar-refractivity contribution in [1.82, 2.24) is 20.0 Å². The van der Waals surface area contributed by atoms with Crippen molar-refractivity contribution >= 4 is 16.7 Å². The van der Waals surface area contributed by atoms with E-state index >= 15 is 0 Å². The smallest absolute Gasteiger partial charge is 0.275 e. The van der Waals surface area contributed by atoms with Gasteiger partial charge in [-0.15, -0.1) is 0 Å². The van der Waals surface area contributed by atoms with E-state index in [9.17, 15) is 9.59 Å². The third-order valence-electron chi connectivity index (χ3n) is 5.92. The predicted molar refractivity (Wildman–Crippen MR) is 123 cm³/mol. The number of aromatic nitrogens is 2. The number of benzene rings is 2. The van der Waals surface area contributed by atoms with E-state index in [0.717, 1.165) is 42.4 Å². The van der Waals surface area contributed by atoms with Crippen LogP contribution in [0.2, 0.25) is 0 Å². The summed E-state index contributed by atoms with van der Waals surface area (Å²) in [4.78, 5) is 27.4. The lowest BCUT2D eigenvalue weighted by atomic mass is 9.91. The molecule has 3 aromatic rings. The van der Waals surface area contributed by atoms with Crippen molar-refractivity contribution in [3.8, 4) is 0 Å². The van der Waals surface area contributed by atoms with E-state index in [-0.39, 0.29) is 18.0 Å². The molecular formula is C25H30N4O2. The molecule has 0 bridgehead atoms. The number of carbonyl (C=O) groups excluding carboxylic acids is 1. The number of hydrogen-bond acceptors (Lipinski definition) is 4. The summed E-state index contributed by atoms with van der Waals surface area (Å²) in [7, 11) is 0. The number of nitrogens with zero attached hydrogens (tertiary/aromatic N) is 3. The minimum absolute atomic E-state index is 0.0902. The first-order valence-corrected chi connectivity index (χ1v) is 11.0. The zero-order chi connectivity index (χ0) is 21.8. The number of amides is 1. The molecule has 0 unspecified atom stereocenters. The van der Waals surface area contributed by atoms with Gasteiger partial charge in [-0.25, -0.2) is 4.68 Å². The third-order valence-corrected chi connectivity index (χ3v) is 5.92. The predicted octanol–water partition coefficient (Wildman–Crippen LogP) is 3.19. The highest BCUT2D eigenvalue weighted by Gasteiger charge is 2.21. The van der Waals surface area contributed by atoms with Gasteiger partial charge in [0.15, 0.2) is 0 Å². The minimum atomic E-state index is -0.251. The van der Waals surface area contributed by atoms with E-state index in [0.29, 0.717) is 11.9 Å². The lowest BCUT2D eigenvalue weighted by molar-refractivity contribution is -0.122. The first-order chi connectivity index (χ1) is 15.0. The summed E-state index contributed by atoms with van der Waals surface area (Å²) in [6, 6.07) is 15.7. The van der Waals surface area contributed by atoms with Gasteiger partial charge in [0.05, 0.1) is 11.6 Å². The first-order valence-electron chi connectivity index (χ1n) is 11.0. The summed E-state index contributed by atoms with van der Waals surface area (Å²) >= 11 is 0. The third kappa shape index (κ3) is 5.39. The standard InChI is InChI=1S/C25H30N4O2/c1-18-11-19(2)15-28(14-18)16-21-9-7-20(8-10-21)12-26-24(30)17-29-25(31)23-6-4-3-5-22(23)13-27-29/h3-10,13,18-19H,11-12,14-17H2,1-2H3,(H,26,30)/t18-,19-/m1/s1. The van der Waals surface area contributed by atoms with E-state index in [1.165, 1.54) is 16.7 Å². The molecule has 1 saturated heterocycles. The van der Waals surface area contributed by atoms with Crippen LogP contribution in [-0.4, -0.2) is 33.7 Å². The molecular weight excluding hydrogens is 388 g/mol. The Hall–Kier alpha value is -2.99. The number of likely N-dealkylation sites (tertiary alicyclic amines) is 1. The van der Waals surface area contributed by atoms with Gasteiger partial charge >= 0.3 is 0 Å². The van der Waals surface area contributed by atoms with Gasteiger partial charge in [0, 0.05) is 31.6 Å². The van der Waals surface area contributed by atoms with Gasteiger partial charge in [-0.1, -0.05) is 56.3 Å². The second-order valence-electron chi connectivity index (χ2n) is 8.93. The van der Waals surface area contributed by atoms with Gasteiger partial charge in [0.1, 0.15) is 6.54 Å². The van der Waals surface area contributed by atoms with E-state index in [2.05, 4.69) is 53.4 Å². The van der Waals surface area contributed by atoms with Crippen LogP contribution in [0.3, 0.4) is 0 Å². The molecule has 6 nitrogen and oxygen atoms in total. The van der Waals surface area contributed by atoms with Gasteiger partial charge in [0.25, 0.3) is 5.56 Å². The van der Waals surface area contributed by atoms with Crippen LogP contribution in [0, 0.1) is 11.8 Å². The Morgan fingerprint density at radius 1 is 1.03 bits per heavy atom. The van der Waals surface area contributed by atoms with Gasteiger partial charge in [-0.05, 0) is 35.4 Å². The quantitative estimate of drug-likeness (QED) is 0.668. The Labute approximate surface area is 182 Å². The van der Waals surface area contributed by atoms with Crippen LogP contribution in [0.4, 0.5) is 0 Å². The molecule has 1 amide bonds. The zero-order valence-corrected chi connectivity index (χ0v) is 18.3. The molecule has 1 fully saturated rings. The Morgan fingerprint density at radius 3 is 2.45 bits per heavy atom. The van der Waals surface area contributed by atoms with Crippen molar-refractivity contribution < 1.29 is 4.79 Å². The van der Waals surface area contributed by atoms with Crippen LogP contribution < -0.4 is 10.9 Å². The van der Waals surface area contributed by atoms with Gasteiger partial charge in [-0.3, -0.25) is 14.5 Å². The number of carbonyl (C=O) groups is 1. The number of rotatable bonds is 6. The fourth-order valence-electron chi connectivity index (χ4n) is 4.57. The monoisotopic (exact) mass is 418 g/mol. The average molecular weight is 419 g/mol. The lowest BCUT2D eigenvalue weighted by Crippen LogP contribution is -2.38. The molecule has 0 saturated carbocycles. The van der Waals surface area contributed by atoms with Gasteiger partial charge < -0.3 is 5.32 Å². The van der Waals surface area contributed by atoms with E-state index in [4.69, 9.17) is 0 Å². The summed E-state index contributed by atoms with van der Waals surface area (Å²) < 4.78 is 1.21. The maximum Gasteiger partial charge on any atom is 0.275 e. The van der Waals surface area contributed by atoms with Crippen molar-refractivity contribution in [2.24, 2.45) is 11.8 Å². The number of hydrogen-bond donors (Lipinski definition) is 1. The molecule has 6 heteroatoms. The molecule has 1 aliphatic heterocycles. The summed E-state index contributed by atoms with van der Waals surface area (Å²) in [5.41, 5.74) is 2.08. The SMILES string of the molecule is C[C@@H]1C[C@@H](C)CN(Cc2ccc(CNC(=O)Cn3ncc4ccccc4c3=O)cc2)C1. The van der Waals surface area contributed by atoms with Crippen molar-refractivity contribution in [3.05, 3.63) is 76.2 Å². The van der Waals surface area contributed by atoms with Crippen molar-refractivity contribution in [2.45, 2.75) is 39.9 Å². The maximum absolute atomic E-state index is 12.5. The molecule has 162 valence electrons. The normalized spacial score (nSPS) is 19.4. The van der Waals surface area contributed by atoms with E-state index in [1.54, 1.807) is 12.3 Å². The first kappa shape index (κ1) is 21.2. The summed E-state index contributed by atoms with van der Waals surface area (Å²) in [5, 5.41) is 8.35. The van der Waals surface area contributed by atoms with Crippen molar-refractivity contribution in [2.75, 3.05) is 13.1 Å². The number of piperidine rings is 1. The number of fused-ring (bicyclic) bond motifs is 1. The van der Waals surface area contributed by atoms with Crippen LogP contribution in [0.25, 0.3) is 10.8 Å². The van der Waals surface area contributed by atoms with Crippen LogP contribution in [0.15, 0.2) is 59.5 Å². The van der Waals surface area contributed by atoms with Crippen LogP contribution >= 0.6 is 0 Å². The van der Waals surface area contributed by atoms with E-state index < -0.39 is 0 Å². The Balaban J connectivity index is 1.31. The Bertz CT molecular complexity index is 1100. The van der Waals surface area contributed by atoms with Crippen LogP contribution in [0.1, 0.15) is 31.4 Å². The molecule has 2 aromatic carbocycles. The Kier molecular flexibility index (Phi) is 6.47. The molecule has 31 heavy (non-hydrogen) atoms. The highest BCUT2D eigenvalue weighted by atomic mass is 16.2. The molecule has 0 spiro atoms. The average Bonchev–Trinajstić information content (AvgIpc) is 2.75. The second-order valence-corrected chi connectivity index (χ2v) is 8.93. The van der Waals surface area contributed by atoms with Crippen molar-refractivity contribution in [3.63, 3.8) is 0 Å². The molecule has 2 atom stereocenters. The summed E-state index contributed by atoms with van der Waals surface area (Å²) in [6.45, 7) is 8.28. The zero-order valence-electron chi connectivity index (χ0n) is 18.3. The maximum atomic E-state index is 12.5. The Morgan fingerprint density at radius 2 is 1.71 bits per heavy atom. The number of nitrogens with one attached hydrogen (secondary N) is 1. The summed E-state index contributed by atoms with van der Waals surface area (Å²) in [5.74, 6) is 1.27. The van der Waals surface area contributed by atoms with Gasteiger partial charge in [0.2, 0.25) is 5.91 Å². The largest absolute Gasteiger partial charge is 0.350 e. The molecule has 0 aliphatic carbocycles. The van der Waals surface area contributed by atoms with Gasteiger partial charge in [-0.2, -0.15) is 5.10 Å². The van der Waals surface area contributed by atoms with Crippen LogP contribution in [-0.2, 0) is 24.4 Å². The van der Waals surface area contributed by atoms with Crippen molar-refractivity contribution in [1.29, 1.82) is 0 Å². The topological polar surface area (TPSA) is 67.2 Å². The fraction of sp³-hybridized carbons (Fsp3) is 0.400. The summed E-state index contributed by atoms with van der Waals surface area (Å²) in [6.07, 6.45) is 2.93. The molecule has 0 radical (unpaired) electrons. The molecule has 1 aliphatic rings. The molecule has 1 N–H and O–H groups in total.